The number of imide groups is 2. The largest absolute Gasteiger partial charge is 0.494 e. The van der Waals surface area contributed by atoms with Crippen LogP contribution in [0.25, 0.3) is 0 Å². The van der Waals surface area contributed by atoms with Crippen LogP contribution in [0.2, 0.25) is 0 Å². The number of hydrogen-bond acceptors (Lipinski definition) is 5. The van der Waals surface area contributed by atoms with Crippen molar-refractivity contribution in [1.29, 1.82) is 0 Å². The van der Waals surface area contributed by atoms with Crippen LogP contribution in [0.4, 0.5) is 20.6 Å². The Kier molecular flexibility index (Phi) is 5.25. The number of benzene rings is 2. The fourth-order valence-corrected chi connectivity index (χ4v) is 2.54. The van der Waals surface area contributed by atoms with Crippen molar-refractivity contribution in [3.63, 3.8) is 0 Å². The molecular formula is C19H16FN3O4. The number of carbonyl (C=O) groups is 3. The Morgan fingerprint density at radius 3 is 2.52 bits per heavy atom. The molecule has 1 atom stereocenters. The first-order chi connectivity index (χ1) is 13.0. The van der Waals surface area contributed by atoms with Gasteiger partial charge in [0.05, 0.1) is 18.0 Å². The highest BCUT2D eigenvalue weighted by Crippen LogP contribution is 2.24. The third-order valence-electron chi connectivity index (χ3n) is 3.82. The topological polar surface area (TPSA) is 88.1 Å². The third-order valence-corrected chi connectivity index (χ3v) is 3.82. The Balaban J connectivity index is 1.84. The van der Waals surface area contributed by atoms with Gasteiger partial charge in [0.25, 0.3) is 5.91 Å². The summed E-state index contributed by atoms with van der Waals surface area (Å²) in [6, 6.07) is 11.0. The third kappa shape index (κ3) is 3.84. The van der Waals surface area contributed by atoms with Gasteiger partial charge in [-0.3, -0.25) is 19.9 Å². The van der Waals surface area contributed by atoms with E-state index in [-0.39, 0.29) is 5.69 Å². The summed E-state index contributed by atoms with van der Waals surface area (Å²) in [7, 11) is 0. The first-order valence-electron chi connectivity index (χ1n) is 8.21. The minimum Gasteiger partial charge on any atom is -0.494 e. The molecule has 7 nitrogen and oxygen atoms in total. The van der Waals surface area contributed by atoms with E-state index >= 15 is 0 Å². The first-order valence-corrected chi connectivity index (χ1v) is 8.21. The summed E-state index contributed by atoms with van der Waals surface area (Å²) in [6.45, 7) is 2.39. The zero-order chi connectivity index (χ0) is 19.4. The number of urea groups is 1. The fraction of sp³-hybridized carbons (Fsp3) is 0.158. The van der Waals surface area contributed by atoms with Crippen LogP contribution in [0.1, 0.15) is 6.92 Å². The molecule has 1 aliphatic rings. The Morgan fingerprint density at radius 2 is 1.85 bits per heavy atom. The highest BCUT2D eigenvalue weighted by Gasteiger charge is 2.41. The number of para-hydroxylation sites is 1. The van der Waals surface area contributed by atoms with E-state index in [9.17, 15) is 18.8 Å². The number of halogens is 1. The number of aliphatic imine (C=N–C) groups is 1. The van der Waals surface area contributed by atoms with Crippen LogP contribution in [0, 0.1) is 11.7 Å². The van der Waals surface area contributed by atoms with E-state index in [1.54, 1.807) is 24.3 Å². The van der Waals surface area contributed by atoms with Gasteiger partial charge in [-0.2, -0.15) is 0 Å². The van der Waals surface area contributed by atoms with Crippen LogP contribution in [0.5, 0.6) is 5.75 Å². The van der Waals surface area contributed by atoms with Crippen molar-refractivity contribution < 1.29 is 23.5 Å². The summed E-state index contributed by atoms with van der Waals surface area (Å²) < 4.78 is 19.3. The molecule has 0 radical (unpaired) electrons. The van der Waals surface area contributed by atoms with Crippen LogP contribution in [0.15, 0.2) is 53.5 Å². The van der Waals surface area contributed by atoms with Crippen LogP contribution in [-0.2, 0) is 9.59 Å². The van der Waals surface area contributed by atoms with Gasteiger partial charge in [0.2, 0.25) is 5.91 Å². The molecule has 1 saturated heterocycles. The Morgan fingerprint density at radius 1 is 1.15 bits per heavy atom. The molecule has 2 aromatic rings. The maximum Gasteiger partial charge on any atom is 0.335 e. The number of nitrogens with one attached hydrogen (secondary N) is 1. The summed E-state index contributed by atoms with van der Waals surface area (Å²) in [5, 5.41) is 2.05. The van der Waals surface area contributed by atoms with Crippen molar-refractivity contribution in [3.05, 3.63) is 54.3 Å². The standard InChI is InChI=1S/C19H16FN3O4/c1-2-27-13-9-7-12(8-10-13)21-11-14-17(24)22-19(26)23(18(14)25)16-6-4-3-5-15(16)20/h3-11,14H,2H2,1H3,(H,22,24,26)/t14-/m0/s1. The van der Waals surface area contributed by atoms with E-state index in [2.05, 4.69) is 4.99 Å². The number of ether oxygens (including phenoxy) is 1. The zero-order valence-corrected chi connectivity index (χ0v) is 14.4. The smallest absolute Gasteiger partial charge is 0.335 e. The second-order valence-corrected chi connectivity index (χ2v) is 5.60. The van der Waals surface area contributed by atoms with Crippen molar-refractivity contribution in [1.82, 2.24) is 5.32 Å². The quantitative estimate of drug-likeness (QED) is 0.648. The predicted molar refractivity (Wildman–Crippen MR) is 96.7 cm³/mol. The summed E-state index contributed by atoms with van der Waals surface area (Å²) in [5.74, 6) is -3.12. The SMILES string of the molecule is CCOc1ccc(N=C[C@H]2C(=O)NC(=O)N(c3ccccc3F)C2=O)cc1. The van der Waals surface area contributed by atoms with E-state index in [1.165, 1.54) is 18.2 Å². The summed E-state index contributed by atoms with van der Waals surface area (Å²) in [6.07, 6.45) is 1.13. The van der Waals surface area contributed by atoms with Gasteiger partial charge in [-0.1, -0.05) is 12.1 Å². The number of nitrogens with zero attached hydrogens (tertiary/aromatic N) is 2. The number of amides is 4. The monoisotopic (exact) mass is 369 g/mol. The molecule has 0 unspecified atom stereocenters. The van der Waals surface area contributed by atoms with E-state index in [0.717, 1.165) is 12.3 Å². The summed E-state index contributed by atoms with van der Waals surface area (Å²) in [4.78, 5) is 41.4. The lowest BCUT2D eigenvalue weighted by atomic mass is 10.1. The highest BCUT2D eigenvalue weighted by molar-refractivity contribution is 6.32. The van der Waals surface area contributed by atoms with Crippen molar-refractivity contribution in [2.24, 2.45) is 10.9 Å². The first kappa shape index (κ1) is 18.2. The van der Waals surface area contributed by atoms with Gasteiger partial charge in [0, 0.05) is 6.21 Å². The van der Waals surface area contributed by atoms with E-state index in [1.807, 2.05) is 12.2 Å². The highest BCUT2D eigenvalue weighted by atomic mass is 19.1. The van der Waals surface area contributed by atoms with Gasteiger partial charge in [-0.05, 0) is 43.3 Å². The second-order valence-electron chi connectivity index (χ2n) is 5.60. The molecule has 2 aromatic carbocycles. The molecule has 0 aliphatic carbocycles. The molecule has 27 heavy (non-hydrogen) atoms. The van der Waals surface area contributed by atoms with Gasteiger partial charge in [-0.15, -0.1) is 0 Å². The molecule has 4 amide bonds. The zero-order valence-electron chi connectivity index (χ0n) is 14.4. The maximum absolute atomic E-state index is 14.0. The fourth-order valence-electron chi connectivity index (χ4n) is 2.54. The Bertz CT molecular complexity index is 911. The van der Waals surface area contributed by atoms with Crippen molar-refractivity contribution >= 4 is 35.4 Å². The van der Waals surface area contributed by atoms with Crippen LogP contribution >= 0.6 is 0 Å². The lowest BCUT2D eigenvalue weighted by Crippen LogP contribution is -2.58. The van der Waals surface area contributed by atoms with Crippen LogP contribution < -0.4 is 15.0 Å². The number of anilines is 1. The molecular weight excluding hydrogens is 353 g/mol. The molecule has 1 fully saturated rings. The molecule has 1 N–H and O–H groups in total. The molecule has 0 bridgehead atoms. The van der Waals surface area contributed by atoms with Gasteiger partial charge >= 0.3 is 6.03 Å². The average Bonchev–Trinajstić information content (AvgIpc) is 2.64. The van der Waals surface area contributed by atoms with E-state index in [0.29, 0.717) is 22.9 Å². The minimum atomic E-state index is -1.35. The van der Waals surface area contributed by atoms with Gasteiger partial charge in [0.15, 0.2) is 5.92 Å². The van der Waals surface area contributed by atoms with Crippen molar-refractivity contribution in [2.45, 2.75) is 6.92 Å². The normalized spacial score (nSPS) is 17.3. The van der Waals surface area contributed by atoms with Gasteiger partial charge in [-0.25, -0.2) is 14.1 Å². The van der Waals surface area contributed by atoms with Crippen LogP contribution in [-0.4, -0.2) is 30.7 Å². The van der Waals surface area contributed by atoms with Crippen LogP contribution in [0.3, 0.4) is 0 Å². The number of rotatable bonds is 5. The molecule has 1 heterocycles. The molecule has 8 heteroatoms. The molecule has 0 saturated carbocycles. The van der Waals surface area contributed by atoms with E-state index < -0.39 is 29.6 Å². The maximum atomic E-state index is 14.0. The van der Waals surface area contributed by atoms with Crippen molar-refractivity contribution in [2.75, 3.05) is 11.5 Å². The number of hydrogen-bond donors (Lipinski definition) is 1. The lowest BCUT2D eigenvalue weighted by Gasteiger charge is -2.28. The van der Waals surface area contributed by atoms with Crippen molar-refractivity contribution in [3.8, 4) is 5.75 Å². The predicted octanol–water partition coefficient (Wildman–Crippen LogP) is 2.83. The minimum absolute atomic E-state index is 0.230. The number of carbonyl (C=O) groups excluding carboxylic acids is 3. The second kappa shape index (κ2) is 7.77. The molecule has 3 rings (SSSR count). The molecule has 138 valence electrons. The molecule has 1 aliphatic heterocycles. The summed E-state index contributed by atoms with van der Waals surface area (Å²) in [5.41, 5.74) is 0.264. The summed E-state index contributed by atoms with van der Waals surface area (Å²) >= 11 is 0. The van der Waals surface area contributed by atoms with E-state index in [4.69, 9.17) is 4.74 Å². The Labute approximate surface area is 154 Å². The lowest BCUT2D eigenvalue weighted by molar-refractivity contribution is -0.131. The van der Waals surface area contributed by atoms with Gasteiger partial charge in [0.1, 0.15) is 11.6 Å². The molecule has 0 spiro atoms. The Hall–Kier alpha value is -3.55. The molecule has 0 aromatic heterocycles. The average molecular weight is 369 g/mol. The van der Waals surface area contributed by atoms with Gasteiger partial charge < -0.3 is 4.74 Å². The number of barbiturate groups is 1.